The molecule has 0 aromatic carbocycles. The maximum atomic E-state index is 13.3. The van der Waals surface area contributed by atoms with Crippen molar-refractivity contribution in [1.82, 2.24) is 9.88 Å². The van der Waals surface area contributed by atoms with E-state index in [4.69, 9.17) is 18.9 Å². The van der Waals surface area contributed by atoms with Gasteiger partial charge in [0.2, 0.25) is 0 Å². The Bertz CT molecular complexity index is 784. The molecule has 2 saturated carbocycles. The van der Waals surface area contributed by atoms with Crippen molar-refractivity contribution in [2.75, 3.05) is 39.2 Å². The highest BCUT2D eigenvalue weighted by Gasteiger charge is 2.62. The Balaban J connectivity index is 1.47. The lowest BCUT2D eigenvalue weighted by molar-refractivity contribution is -0.229. The number of β-lactam (4-membered cyclic amide) rings is 1. The van der Waals surface area contributed by atoms with Gasteiger partial charge in [-0.3, -0.25) is 9.78 Å². The molecule has 4 rings (SSSR count). The lowest BCUT2D eigenvalue weighted by atomic mass is 9.79. The van der Waals surface area contributed by atoms with E-state index in [9.17, 15) is 4.79 Å². The number of carbonyl (C=O) groups excluding carboxylic acids is 1. The van der Waals surface area contributed by atoms with E-state index in [-0.39, 0.29) is 31.6 Å². The molecular formula is C25H38N2O5S. The zero-order chi connectivity index (χ0) is 23.3. The zero-order valence-electron chi connectivity index (χ0n) is 20.2. The van der Waals surface area contributed by atoms with Gasteiger partial charge in [-0.25, -0.2) is 0 Å². The SMILES string of the molecule is COCO[C@@]1(Cc2cc(OC3CCC(C)CC3)ccn2)C(=O)N(COC)[C@H]1CSCC1CC1. The molecule has 2 atom stereocenters. The van der Waals surface area contributed by atoms with Gasteiger partial charge in [0.25, 0.3) is 5.91 Å². The molecule has 2 heterocycles. The van der Waals surface area contributed by atoms with Gasteiger partial charge in [-0.1, -0.05) is 6.92 Å². The number of hydrogen-bond acceptors (Lipinski definition) is 7. The van der Waals surface area contributed by atoms with Crippen LogP contribution >= 0.6 is 11.8 Å². The second kappa shape index (κ2) is 11.4. The third-order valence-electron chi connectivity index (χ3n) is 7.06. The fourth-order valence-electron chi connectivity index (χ4n) is 4.86. The molecule has 0 unspecified atom stereocenters. The zero-order valence-corrected chi connectivity index (χ0v) is 21.0. The number of aromatic nitrogens is 1. The summed E-state index contributed by atoms with van der Waals surface area (Å²) in [5.41, 5.74) is -0.188. The quantitative estimate of drug-likeness (QED) is 0.315. The van der Waals surface area contributed by atoms with Crippen LogP contribution in [0.4, 0.5) is 0 Å². The summed E-state index contributed by atoms with van der Waals surface area (Å²) in [6.45, 7) is 2.64. The first-order valence-electron chi connectivity index (χ1n) is 12.2. The van der Waals surface area contributed by atoms with Crippen LogP contribution < -0.4 is 4.74 Å². The van der Waals surface area contributed by atoms with E-state index in [1.165, 1.54) is 25.7 Å². The molecule has 0 spiro atoms. The molecular weight excluding hydrogens is 440 g/mol. The summed E-state index contributed by atoms with van der Waals surface area (Å²) >= 11 is 1.90. The van der Waals surface area contributed by atoms with E-state index < -0.39 is 5.60 Å². The summed E-state index contributed by atoms with van der Waals surface area (Å²) in [4.78, 5) is 19.7. The monoisotopic (exact) mass is 478 g/mol. The van der Waals surface area contributed by atoms with Crippen molar-refractivity contribution in [3.05, 3.63) is 24.0 Å². The van der Waals surface area contributed by atoms with E-state index in [1.807, 2.05) is 23.9 Å². The van der Waals surface area contributed by atoms with Gasteiger partial charge < -0.3 is 23.8 Å². The van der Waals surface area contributed by atoms with Gasteiger partial charge in [-0.05, 0) is 62.2 Å². The molecule has 0 radical (unpaired) electrons. The van der Waals surface area contributed by atoms with Crippen molar-refractivity contribution >= 4 is 17.7 Å². The van der Waals surface area contributed by atoms with Gasteiger partial charge in [0, 0.05) is 44.4 Å². The number of thioether (sulfide) groups is 1. The van der Waals surface area contributed by atoms with Crippen LogP contribution in [-0.2, 0) is 25.4 Å². The number of likely N-dealkylation sites (tertiary alicyclic amines) is 1. The summed E-state index contributed by atoms with van der Waals surface area (Å²) in [5.74, 6) is 4.31. The Kier molecular flexibility index (Phi) is 8.54. The average Bonchev–Trinajstić information content (AvgIpc) is 3.65. The summed E-state index contributed by atoms with van der Waals surface area (Å²) in [6, 6.07) is 3.79. The maximum absolute atomic E-state index is 13.3. The number of nitrogens with zero attached hydrogens (tertiary/aromatic N) is 2. The van der Waals surface area contributed by atoms with Gasteiger partial charge in [-0.15, -0.1) is 0 Å². The van der Waals surface area contributed by atoms with Crippen LogP contribution in [0.2, 0.25) is 0 Å². The van der Waals surface area contributed by atoms with Crippen molar-refractivity contribution in [1.29, 1.82) is 0 Å². The topological polar surface area (TPSA) is 70.1 Å². The van der Waals surface area contributed by atoms with E-state index in [0.717, 1.165) is 47.6 Å². The van der Waals surface area contributed by atoms with Crippen molar-refractivity contribution in [3.63, 3.8) is 0 Å². The Labute approximate surface area is 201 Å². The molecule has 3 fully saturated rings. The first-order chi connectivity index (χ1) is 16.1. The lowest BCUT2D eigenvalue weighted by Crippen LogP contribution is -2.77. The van der Waals surface area contributed by atoms with Gasteiger partial charge in [0.05, 0.1) is 12.1 Å². The number of methoxy groups -OCH3 is 2. The molecule has 1 saturated heterocycles. The minimum Gasteiger partial charge on any atom is -0.490 e. The first kappa shape index (κ1) is 24.8. The van der Waals surface area contributed by atoms with E-state index in [0.29, 0.717) is 6.42 Å². The van der Waals surface area contributed by atoms with Crippen molar-refractivity contribution in [2.24, 2.45) is 11.8 Å². The van der Waals surface area contributed by atoms with Crippen LogP contribution in [0.5, 0.6) is 5.75 Å². The fraction of sp³-hybridized carbons (Fsp3) is 0.760. The highest BCUT2D eigenvalue weighted by atomic mass is 32.2. The number of hydrogen-bond donors (Lipinski definition) is 0. The Hall–Kier alpha value is -1.35. The van der Waals surface area contributed by atoms with Crippen LogP contribution in [0.1, 0.15) is 51.1 Å². The minimum atomic E-state index is -0.989. The summed E-state index contributed by atoms with van der Waals surface area (Å²) in [5, 5.41) is 0. The molecule has 33 heavy (non-hydrogen) atoms. The Morgan fingerprint density at radius 2 is 1.91 bits per heavy atom. The van der Waals surface area contributed by atoms with Gasteiger partial charge in [0.1, 0.15) is 19.3 Å². The molecule has 1 amide bonds. The summed E-state index contributed by atoms with van der Waals surface area (Å²) in [7, 11) is 3.20. The molecule has 1 aliphatic heterocycles. The highest BCUT2D eigenvalue weighted by molar-refractivity contribution is 7.99. The standard InChI is InChI=1S/C25H38N2O5S/c1-18-4-8-21(9-5-18)32-22-10-11-26-20(12-22)13-25(31-17-30-3)23(15-33-14-19-6-7-19)27(16-29-2)24(25)28/h10-12,18-19,21,23H,4-9,13-17H2,1-3H3/t18?,21?,23-,25+/m0/s1. The van der Waals surface area contributed by atoms with Crippen LogP contribution in [0.25, 0.3) is 0 Å². The molecule has 0 N–H and O–H groups in total. The number of pyridine rings is 1. The lowest BCUT2D eigenvalue weighted by Gasteiger charge is -2.54. The molecule has 7 nitrogen and oxygen atoms in total. The van der Waals surface area contributed by atoms with E-state index in [2.05, 4.69) is 11.9 Å². The largest absolute Gasteiger partial charge is 0.490 e. The van der Waals surface area contributed by atoms with E-state index >= 15 is 0 Å². The maximum Gasteiger partial charge on any atom is 0.259 e. The number of rotatable bonds is 13. The number of ether oxygens (including phenoxy) is 4. The van der Waals surface area contributed by atoms with Gasteiger partial charge >= 0.3 is 0 Å². The summed E-state index contributed by atoms with van der Waals surface area (Å²) in [6.07, 6.45) is 9.65. The van der Waals surface area contributed by atoms with E-state index in [1.54, 1.807) is 25.3 Å². The molecule has 8 heteroatoms. The highest BCUT2D eigenvalue weighted by Crippen LogP contribution is 2.41. The number of amides is 1. The van der Waals surface area contributed by atoms with Crippen LogP contribution in [0.15, 0.2) is 18.3 Å². The second-order valence-electron chi connectivity index (χ2n) is 9.79. The predicted octanol–water partition coefficient (Wildman–Crippen LogP) is 3.90. The second-order valence-corrected chi connectivity index (χ2v) is 10.9. The molecule has 3 aliphatic rings. The summed E-state index contributed by atoms with van der Waals surface area (Å²) < 4.78 is 22.9. The van der Waals surface area contributed by atoms with Crippen LogP contribution in [-0.4, -0.2) is 72.8 Å². The predicted molar refractivity (Wildman–Crippen MR) is 128 cm³/mol. The van der Waals surface area contributed by atoms with Crippen LogP contribution in [0.3, 0.4) is 0 Å². The molecule has 0 bridgehead atoms. The fourth-order valence-corrected chi connectivity index (χ4v) is 6.33. The molecule has 184 valence electrons. The Morgan fingerprint density at radius 1 is 1.12 bits per heavy atom. The van der Waals surface area contributed by atoms with Crippen molar-refractivity contribution < 1.29 is 23.7 Å². The third-order valence-corrected chi connectivity index (χ3v) is 8.32. The van der Waals surface area contributed by atoms with Crippen LogP contribution in [0, 0.1) is 11.8 Å². The Morgan fingerprint density at radius 3 is 2.61 bits per heavy atom. The normalized spacial score (nSPS) is 29.7. The van der Waals surface area contributed by atoms with Crippen molar-refractivity contribution in [2.45, 2.75) is 69.6 Å². The third kappa shape index (κ3) is 6.02. The molecule has 1 aromatic heterocycles. The first-order valence-corrected chi connectivity index (χ1v) is 13.3. The smallest absolute Gasteiger partial charge is 0.259 e. The molecule has 2 aliphatic carbocycles. The number of carbonyl (C=O) groups is 1. The average molecular weight is 479 g/mol. The van der Waals surface area contributed by atoms with Gasteiger partial charge in [0.15, 0.2) is 5.60 Å². The van der Waals surface area contributed by atoms with Gasteiger partial charge in [-0.2, -0.15) is 11.8 Å². The minimum absolute atomic E-state index is 0.0622. The molecule has 1 aromatic rings. The van der Waals surface area contributed by atoms with Crippen molar-refractivity contribution in [3.8, 4) is 5.75 Å².